The van der Waals surface area contributed by atoms with Crippen molar-refractivity contribution in [1.29, 1.82) is 0 Å². The number of ketones is 1. The Balaban J connectivity index is 1.85. The predicted octanol–water partition coefficient (Wildman–Crippen LogP) is 5.06. The lowest BCUT2D eigenvalue weighted by molar-refractivity contribution is 0.101. The van der Waals surface area contributed by atoms with E-state index in [1.807, 2.05) is 0 Å². The smallest absolute Gasteiger partial charge is 0.257 e. The van der Waals surface area contributed by atoms with Crippen LogP contribution in [0.3, 0.4) is 0 Å². The van der Waals surface area contributed by atoms with Gasteiger partial charge in [0.15, 0.2) is 10.9 Å². The van der Waals surface area contributed by atoms with E-state index in [0.717, 1.165) is 4.70 Å². The van der Waals surface area contributed by atoms with Gasteiger partial charge < -0.3 is 0 Å². The first-order valence-electron chi connectivity index (χ1n) is 6.62. The van der Waals surface area contributed by atoms with Crippen molar-refractivity contribution in [1.82, 2.24) is 4.98 Å². The summed E-state index contributed by atoms with van der Waals surface area (Å²) in [6.45, 7) is 1.48. The summed E-state index contributed by atoms with van der Waals surface area (Å²) < 4.78 is 0.835. The normalized spacial score (nSPS) is 10.7. The Bertz CT molecular complexity index is 920. The zero-order valence-corrected chi connectivity index (χ0v) is 14.2. The van der Waals surface area contributed by atoms with Crippen LogP contribution in [0, 0.1) is 0 Å². The molecular formula is C16H10Cl2N2O2S. The van der Waals surface area contributed by atoms with Gasteiger partial charge in [-0.15, -0.1) is 0 Å². The van der Waals surface area contributed by atoms with Crippen LogP contribution in [0.5, 0.6) is 0 Å². The number of Topliss-reactive ketones (excluding diaryl/α,β-unsaturated/α-hetero) is 1. The van der Waals surface area contributed by atoms with E-state index in [9.17, 15) is 9.59 Å². The summed E-state index contributed by atoms with van der Waals surface area (Å²) in [7, 11) is 0. The van der Waals surface area contributed by atoms with E-state index < -0.39 is 0 Å². The van der Waals surface area contributed by atoms with Gasteiger partial charge in [-0.05, 0) is 31.2 Å². The van der Waals surface area contributed by atoms with Gasteiger partial charge in [-0.25, -0.2) is 4.98 Å². The van der Waals surface area contributed by atoms with Crippen LogP contribution in [-0.2, 0) is 0 Å². The van der Waals surface area contributed by atoms with Crippen molar-refractivity contribution in [2.75, 3.05) is 5.32 Å². The summed E-state index contributed by atoms with van der Waals surface area (Å²) in [6, 6.07) is 9.93. The SMILES string of the molecule is CC(=O)c1ccc(C(=O)Nc2nc3c(Cl)c(Cl)ccc3s2)cc1. The number of nitrogens with zero attached hydrogens (tertiary/aromatic N) is 1. The van der Waals surface area contributed by atoms with Gasteiger partial charge in [0.25, 0.3) is 5.91 Å². The van der Waals surface area contributed by atoms with E-state index in [4.69, 9.17) is 23.2 Å². The lowest BCUT2D eigenvalue weighted by atomic mass is 10.1. The minimum absolute atomic E-state index is 0.0466. The number of rotatable bonds is 3. The van der Waals surface area contributed by atoms with Crippen LogP contribution in [0.4, 0.5) is 5.13 Å². The highest BCUT2D eigenvalue weighted by atomic mass is 35.5. The van der Waals surface area contributed by atoms with E-state index in [-0.39, 0.29) is 11.7 Å². The van der Waals surface area contributed by atoms with Crippen molar-refractivity contribution in [2.24, 2.45) is 0 Å². The van der Waals surface area contributed by atoms with Gasteiger partial charge in [0.05, 0.1) is 14.7 Å². The first-order valence-corrected chi connectivity index (χ1v) is 8.20. The number of carbonyl (C=O) groups is 2. The number of hydrogen-bond donors (Lipinski definition) is 1. The fraction of sp³-hybridized carbons (Fsp3) is 0.0625. The Morgan fingerprint density at radius 1 is 1.04 bits per heavy atom. The number of benzene rings is 2. The van der Waals surface area contributed by atoms with Gasteiger partial charge >= 0.3 is 0 Å². The summed E-state index contributed by atoms with van der Waals surface area (Å²) in [5.74, 6) is -0.351. The molecule has 0 fully saturated rings. The molecular weight excluding hydrogens is 355 g/mol. The van der Waals surface area contributed by atoms with Crippen molar-refractivity contribution in [3.05, 3.63) is 57.6 Å². The number of hydrogen-bond acceptors (Lipinski definition) is 4. The third-order valence-electron chi connectivity index (χ3n) is 3.23. The largest absolute Gasteiger partial charge is 0.298 e. The van der Waals surface area contributed by atoms with E-state index in [1.165, 1.54) is 18.3 Å². The number of fused-ring (bicyclic) bond motifs is 1. The lowest BCUT2D eigenvalue weighted by Crippen LogP contribution is -2.11. The Morgan fingerprint density at radius 3 is 2.35 bits per heavy atom. The van der Waals surface area contributed by atoms with Crippen molar-refractivity contribution in [3.8, 4) is 0 Å². The van der Waals surface area contributed by atoms with Gasteiger partial charge in [-0.3, -0.25) is 14.9 Å². The van der Waals surface area contributed by atoms with E-state index in [1.54, 1.807) is 36.4 Å². The number of anilines is 1. The molecule has 1 heterocycles. The summed E-state index contributed by atoms with van der Waals surface area (Å²) >= 11 is 13.4. The van der Waals surface area contributed by atoms with Gasteiger partial charge in [-0.1, -0.05) is 46.7 Å². The first-order chi connectivity index (χ1) is 11.0. The standard InChI is InChI=1S/C16H10Cl2N2O2S/c1-8(21)9-2-4-10(5-3-9)15(22)20-16-19-14-12(23-16)7-6-11(17)13(14)18/h2-7H,1H3,(H,19,20,22). The monoisotopic (exact) mass is 364 g/mol. The number of nitrogens with one attached hydrogen (secondary N) is 1. The zero-order valence-electron chi connectivity index (χ0n) is 11.9. The molecule has 0 bridgehead atoms. The Morgan fingerprint density at radius 2 is 1.70 bits per heavy atom. The van der Waals surface area contributed by atoms with Crippen molar-refractivity contribution < 1.29 is 9.59 Å². The van der Waals surface area contributed by atoms with Crippen LogP contribution >= 0.6 is 34.5 Å². The van der Waals surface area contributed by atoms with E-state index in [2.05, 4.69) is 10.3 Å². The van der Waals surface area contributed by atoms with Gasteiger partial charge in [-0.2, -0.15) is 0 Å². The van der Waals surface area contributed by atoms with Crippen LogP contribution < -0.4 is 5.32 Å². The molecule has 7 heteroatoms. The molecule has 116 valence electrons. The summed E-state index contributed by atoms with van der Waals surface area (Å²) in [5, 5.41) is 3.95. The Hall–Kier alpha value is -1.95. The van der Waals surface area contributed by atoms with Crippen molar-refractivity contribution in [2.45, 2.75) is 6.92 Å². The molecule has 3 aromatic rings. The minimum atomic E-state index is -0.304. The van der Waals surface area contributed by atoms with Gasteiger partial charge in [0.1, 0.15) is 5.52 Å². The van der Waals surface area contributed by atoms with Crippen molar-refractivity contribution >= 4 is 61.6 Å². The molecule has 0 spiro atoms. The molecule has 1 aromatic heterocycles. The quantitative estimate of drug-likeness (QED) is 0.660. The number of carbonyl (C=O) groups excluding carboxylic acids is 2. The highest BCUT2D eigenvalue weighted by molar-refractivity contribution is 7.22. The second kappa shape index (κ2) is 6.28. The highest BCUT2D eigenvalue weighted by Crippen LogP contribution is 2.35. The number of halogens is 2. The second-order valence-electron chi connectivity index (χ2n) is 4.81. The number of aromatic nitrogens is 1. The molecule has 0 aliphatic rings. The average molecular weight is 365 g/mol. The summed E-state index contributed by atoms with van der Waals surface area (Å²) in [6.07, 6.45) is 0. The second-order valence-corrected chi connectivity index (χ2v) is 6.63. The molecule has 0 saturated heterocycles. The van der Waals surface area contributed by atoms with Crippen LogP contribution in [0.2, 0.25) is 10.0 Å². The average Bonchev–Trinajstić information content (AvgIpc) is 2.94. The molecule has 0 aliphatic heterocycles. The third kappa shape index (κ3) is 3.22. The third-order valence-corrected chi connectivity index (χ3v) is 4.96. The number of amides is 1. The summed E-state index contributed by atoms with van der Waals surface area (Å²) in [5.41, 5.74) is 1.56. The molecule has 0 radical (unpaired) electrons. The maximum atomic E-state index is 12.2. The lowest BCUT2D eigenvalue weighted by Gasteiger charge is -2.02. The fourth-order valence-electron chi connectivity index (χ4n) is 2.02. The first kappa shape index (κ1) is 15.9. The van der Waals surface area contributed by atoms with Crippen LogP contribution in [-0.4, -0.2) is 16.7 Å². The molecule has 0 saturated carbocycles. The molecule has 1 amide bonds. The molecule has 0 aliphatic carbocycles. The van der Waals surface area contributed by atoms with Crippen LogP contribution in [0.25, 0.3) is 10.2 Å². The predicted molar refractivity (Wildman–Crippen MR) is 94.0 cm³/mol. The zero-order chi connectivity index (χ0) is 16.6. The molecule has 2 aromatic carbocycles. The van der Waals surface area contributed by atoms with Crippen molar-refractivity contribution in [3.63, 3.8) is 0 Å². The van der Waals surface area contributed by atoms with Crippen LogP contribution in [0.15, 0.2) is 36.4 Å². The fourth-order valence-corrected chi connectivity index (χ4v) is 3.30. The topological polar surface area (TPSA) is 59.1 Å². The Kier molecular flexibility index (Phi) is 4.35. The molecule has 0 atom stereocenters. The molecule has 1 N–H and O–H groups in total. The Labute approximate surface area is 146 Å². The molecule has 3 rings (SSSR count). The van der Waals surface area contributed by atoms with Crippen LogP contribution in [0.1, 0.15) is 27.6 Å². The van der Waals surface area contributed by atoms with E-state index in [0.29, 0.717) is 31.8 Å². The number of thiazole rings is 1. The molecule has 23 heavy (non-hydrogen) atoms. The highest BCUT2D eigenvalue weighted by Gasteiger charge is 2.13. The minimum Gasteiger partial charge on any atom is -0.298 e. The van der Waals surface area contributed by atoms with Gasteiger partial charge in [0.2, 0.25) is 0 Å². The molecule has 4 nitrogen and oxygen atoms in total. The maximum absolute atomic E-state index is 12.2. The summed E-state index contributed by atoms with van der Waals surface area (Å²) in [4.78, 5) is 27.8. The molecule has 0 unspecified atom stereocenters. The van der Waals surface area contributed by atoms with E-state index >= 15 is 0 Å². The van der Waals surface area contributed by atoms with Gasteiger partial charge in [0, 0.05) is 11.1 Å². The maximum Gasteiger partial charge on any atom is 0.257 e.